The van der Waals surface area contributed by atoms with E-state index in [1.807, 2.05) is 13.8 Å². The Morgan fingerprint density at radius 3 is 2.88 bits per heavy atom. The molecule has 0 aliphatic carbocycles. The molecule has 88 valence electrons. The number of nitrogens with zero attached hydrogens (tertiary/aromatic N) is 1. The molecule has 0 saturated carbocycles. The minimum absolute atomic E-state index is 0.0489. The minimum atomic E-state index is -0.415. The number of amides is 1. The molecule has 0 aliphatic heterocycles. The quantitative estimate of drug-likeness (QED) is 0.829. The van der Waals surface area contributed by atoms with Crippen molar-refractivity contribution in [2.45, 2.75) is 25.8 Å². The lowest BCUT2D eigenvalue weighted by Gasteiger charge is -2.25. The molecule has 4 nitrogen and oxygen atoms in total. The molecule has 1 heterocycles. The number of aromatic nitrogens is 1. The average molecular weight is 287 g/mol. The standard InChI is InChI=1S/C11H15BrN2O2/c1-11(2,4-6-15)14-10(16)8-3-5-13-9(12)7-8/h3,5,7,15H,4,6H2,1-2H3,(H,14,16). The highest BCUT2D eigenvalue weighted by Crippen LogP contribution is 2.12. The third-order valence-electron chi connectivity index (χ3n) is 2.18. The molecule has 0 aliphatic rings. The van der Waals surface area contributed by atoms with Crippen LogP contribution in [0.25, 0.3) is 0 Å². The van der Waals surface area contributed by atoms with Crippen LogP contribution in [-0.4, -0.2) is 28.1 Å². The van der Waals surface area contributed by atoms with E-state index in [4.69, 9.17) is 5.11 Å². The van der Waals surface area contributed by atoms with Crippen LogP contribution in [0, 0.1) is 0 Å². The molecule has 0 unspecified atom stereocenters. The van der Waals surface area contributed by atoms with Gasteiger partial charge in [-0.05, 0) is 48.3 Å². The van der Waals surface area contributed by atoms with Crippen molar-refractivity contribution >= 4 is 21.8 Å². The highest BCUT2D eigenvalue weighted by atomic mass is 79.9. The topological polar surface area (TPSA) is 62.2 Å². The molecule has 5 heteroatoms. The Morgan fingerprint density at radius 1 is 1.62 bits per heavy atom. The predicted octanol–water partition coefficient (Wildman–Crippen LogP) is 1.73. The lowest BCUT2D eigenvalue weighted by molar-refractivity contribution is 0.0899. The molecule has 0 fully saturated rings. The van der Waals surface area contributed by atoms with Crippen molar-refractivity contribution < 1.29 is 9.90 Å². The molecule has 2 N–H and O–H groups in total. The van der Waals surface area contributed by atoms with Crippen molar-refractivity contribution in [1.29, 1.82) is 0 Å². The molecule has 0 spiro atoms. The van der Waals surface area contributed by atoms with Gasteiger partial charge in [-0.1, -0.05) is 0 Å². The summed E-state index contributed by atoms with van der Waals surface area (Å²) in [5.74, 6) is -0.165. The average Bonchev–Trinajstić information content (AvgIpc) is 2.16. The van der Waals surface area contributed by atoms with E-state index in [9.17, 15) is 4.79 Å². The molecule has 0 aromatic carbocycles. The van der Waals surface area contributed by atoms with Crippen LogP contribution in [0.3, 0.4) is 0 Å². The maximum Gasteiger partial charge on any atom is 0.251 e. The van der Waals surface area contributed by atoms with Crippen molar-refractivity contribution in [3.05, 3.63) is 28.5 Å². The second kappa shape index (κ2) is 5.41. The van der Waals surface area contributed by atoms with E-state index in [-0.39, 0.29) is 12.5 Å². The van der Waals surface area contributed by atoms with Gasteiger partial charge in [-0.15, -0.1) is 0 Å². The molecular formula is C11H15BrN2O2. The first-order chi connectivity index (χ1) is 7.44. The Morgan fingerprint density at radius 2 is 2.31 bits per heavy atom. The summed E-state index contributed by atoms with van der Waals surface area (Å²) in [7, 11) is 0. The van der Waals surface area contributed by atoms with Gasteiger partial charge >= 0.3 is 0 Å². The van der Waals surface area contributed by atoms with Crippen LogP contribution in [0.1, 0.15) is 30.6 Å². The van der Waals surface area contributed by atoms with Gasteiger partial charge in [0.25, 0.3) is 5.91 Å². The van der Waals surface area contributed by atoms with Crippen molar-refractivity contribution in [2.24, 2.45) is 0 Å². The van der Waals surface area contributed by atoms with Gasteiger partial charge in [0.1, 0.15) is 4.60 Å². The van der Waals surface area contributed by atoms with Crippen molar-refractivity contribution in [3.63, 3.8) is 0 Å². The molecule has 1 aromatic heterocycles. The lowest BCUT2D eigenvalue weighted by atomic mass is 10.0. The van der Waals surface area contributed by atoms with Gasteiger partial charge in [-0.25, -0.2) is 4.98 Å². The molecule has 1 amide bonds. The number of hydrogen-bond donors (Lipinski definition) is 2. The maximum absolute atomic E-state index is 11.8. The van der Waals surface area contributed by atoms with Crippen LogP contribution in [-0.2, 0) is 0 Å². The molecule has 0 radical (unpaired) electrons. The fourth-order valence-corrected chi connectivity index (χ4v) is 1.63. The minimum Gasteiger partial charge on any atom is -0.396 e. The number of rotatable bonds is 4. The molecular weight excluding hydrogens is 272 g/mol. The Kier molecular flexibility index (Phi) is 4.44. The van der Waals surface area contributed by atoms with Gasteiger partial charge in [0.2, 0.25) is 0 Å². The number of hydrogen-bond acceptors (Lipinski definition) is 3. The molecule has 0 saturated heterocycles. The van der Waals surface area contributed by atoms with Crippen LogP contribution >= 0.6 is 15.9 Å². The Bertz CT molecular complexity index is 380. The van der Waals surface area contributed by atoms with Crippen molar-refractivity contribution in [2.75, 3.05) is 6.61 Å². The first kappa shape index (κ1) is 13.1. The summed E-state index contributed by atoms with van der Waals surface area (Å²) < 4.78 is 0.625. The summed E-state index contributed by atoms with van der Waals surface area (Å²) in [5.41, 5.74) is 0.134. The molecule has 0 atom stereocenters. The smallest absolute Gasteiger partial charge is 0.251 e. The van der Waals surface area contributed by atoms with Crippen LogP contribution < -0.4 is 5.32 Å². The van der Waals surface area contributed by atoms with E-state index < -0.39 is 5.54 Å². The predicted molar refractivity (Wildman–Crippen MR) is 65.2 cm³/mol. The monoisotopic (exact) mass is 286 g/mol. The van der Waals surface area contributed by atoms with E-state index in [1.165, 1.54) is 0 Å². The van der Waals surface area contributed by atoms with Gasteiger partial charge in [0.15, 0.2) is 0 Å². The molecule has 1 rings (SSSR count). The first-order valence-electron chi connectivity index (χ1n) is 4.99. The van der Waals surface area contributed by atoms with Crippen LogP contribution in [0.2, 0.25) is 0 Å². The van der Waals surface area contributed by atoms with Gasteiger partial charge in [0.05, 0.1) is 0 Å². The van der Waals surface area contributed by atoms with E-state index in [1.54, 1.807) is 18.3 Å². The fourth-order valence-electron chi connectivity index (χ4n) is 1.27. The summed E-state index contributed by atoms with van der Waals surface area (Å²) >= 11 is 3.21. The summed E-state index contributed by atoms with van der Waals surface area (Å²) in [6.45, 7) is 3.79. The second-order valence-electron chi connectivity index (χ2n) is 4.18. The van der Waals surface area contributed by atoms with Crippen molar-refractivity contribution in [1.82, 2.24) is 10.3 Å². The number of pyridine rings is 1. The SMILES string of the molecule is CC(C)(CCO)NC(=O)c1ccnc(Br)c1. The van der Waals surface area contributed by atoms with E-state index >= 15 is 0 Å². The van der Waals surface area contributed by atoms with E-state index in [0.717, 1.165) is 0 Å². The Balaban J connectivity index is 2.72. The second-order valence-corrected chi connectivity index (χ2v) is 4.99. The number of carbonyl (C=O) groups excluding carboxylic acids is 1. The zero-order valence-electron chi connectivity index (χ0n) is 9.33. The largest absolute Gasteiger partial charge is 0.396 e. The van der Waals surface area contributed by atoms with Crippen LogP contribution in [0.15, 0.2) is 22.9 Å². The van der Waals surface area contributed by atoms with Gasteiger partial charge in [-0.2, -0.15) is 0 Å². The fraction of sp³-hybridized carbons (Fsp3) is 0.455. The van der Waals surface area contributed by atoms with Gasteiger partial charge < -0.3 is 10.4 Å². The molecule has 0 bridgehead atoms. The van der Waals surface area contributed by atoms with Crippen LogP contribution in [0.4, 0.5) is 0 Å². The van der Waals surface area contributed by atoms with Gasteiger partial charge in [0, 0.05) is 23.9 Å². The number of halogens is 1. The van der Waals surface area contributed by atoms with Crippen molar-refractivity contribution in [3.8, 4) is 0 Å². The Labute approximate surface area is 103 Å². The first-order valence-corrected chi connectivity index (χ1v) is 5.79. The zero-order chi connectivity index (χ0) is 12.2. The van der Waals surface area contributed by atoms with E-state index in [2.05, 4.69) is 26.2 Å². The highest BCUT2D eigenvalue weighted by molar-refractivity contribution is 9.10. The number of nitrogens with one attached hydrogen (secondary N) is 1. The van der Waals surface area contributed by atoms with E-state index in [0.29, 0.717) is 16.6 Å². The normalized spacial score (nSPS) is 11.2. The summed E-state index contributed by atoms with van der Waals surface area (Å²) in [6.07, 6.45) is 2.09. The third-order valence-corrected chi connectivity index (χ3v) is 2.61. The number of aliphatic hydroxyl groups excluding tert-OH is 1. The zero-order valence-corrected chi connectivity index (χ0v) is 10.9. The summed E-state index contributed by atoms with van der Waals surface area (Å²) in [4.78, 5) is 15.8. The third kappa shape index (κ3) is 3.90. The maximum atomic E-state index is 11.8. The molecule has 1 aromatic rings. The van der Waals surface area contributed by atoms with Crippen LogP contribution in [0.5, 0.6) is 0 Å². The highest BCUT2D eigenvalue weighted by Gasteiger charge is 2.20. The number of aliphatic hydroxyl groups is 1. The number of carbonyl (C=O) groups is 1. The lowest BCUT2D eigenvalue weighted by Crippen LogP contribution is -2.44. The Hall–Kier alpha value is -0.940. The summed E-state index contributed by atoms with van der Waals surface area (Å²) in [6, 6.07) is 3.31. The summed E-state index contributed by atoms with van der Waals surface area (Å²) in [5, 5.41) is 11.7. The van der Waals surface area contributed by atoms with Gasteiger partial charge in [-0.3, -0.25) is 4.79 Å². The molecule has 16 heavy (non-hydrogen) atoms.